The highest BCUT2D eigenvalue weighted by molar-refractivity contribution is 6.31. The summed E-state index contributed by atoms with van der Waals surface area (Å²) in [5.74, 6) is -0.338. The monoisotopic (exact) mass is 464 g/mol. The Bertz CT molecular complexity index is 1470. The lowest BCUT2D eigenvalue weighted by Gasteiger charge is -2.11. The second-order valence-corrected chi connectivity index (χ2v) is 8.12. The first-order chi connectivity index (χ1) is 15.5. The Kier molecular flexibility index (Phi) is 5.25. The molecule has 0 amide bonds. The van der Waals surface area contributed by atoms with Gasteiger partial charge in [0.1, 0.15) is 5.82 Å². The van der Waals surface area contributed by atoms with Gasteiger partial charge in [-0.3, -0.25) is 0 Å². The van der Waals surface area contributed by atoms with Crippen LogP contribution in [0.5, 0.6) is 0 Å². The first kappa shape index (κ1) is 20.4. The first-order valence-corrected chi connectivity index (χ1v) is 10.5. The van der Waals surface area contributed by atoms with Gasteiger partial charge in [-0.2, -0.15) is 9.61 Å². The van der Waals surface area contributed by atoms with Gasteiger partial charge in [-0.25, -0.2) is 13.9 Å². The maximum atomic E-state index is 13.3. The lowest BCUT2D eigenvalue weighted by molar-refractivity contribution is 0.621. The van der Waals surface area contributed by atoms with Crippen molar-refractivity contribution in [2.45, 2.75) is 6.54 Å². The predicted molar refractivity (Wildman–Crippen MR) is 124 cm³/mol. The molecule has 8 heteroatoms. The number of rotatable bonds is 4. The molecule has 0 aliphatic rings. The van der Waals surface area contributed by atoms with E-state index >= 15 is 0 Å². The molecule has 0 bridgehead atoms. The molecule has 32 heavy (non-hydrogen) atoms. The Morgan fingerprint density at radius 2 is 1.41 bits per heavy atom. The summed E-state index contributed by atoms with van der Waals surface area (Å²) in [5, 5.41) is 10.2. The van der Waals surface area contributed by atoms with E-state index in [1.807, 2.05) is 24.3 Å². The molecule has 5 rings (SSSR count). The number of benzene rings is 3. The van der Waals surface area contributed by atoms with Crippen LogP contribution in [-0.2, 0) is 6.54 Å². The van der Waals surface area contributed by atoms with Gasteiger partial charge in [0, 0.05) is 21.2 Å². The van der Waals surface area contributed by atoms with Gasteiger partial charge >= 0.3 is 5.69 Å². The van der Waals surface area contributed by atoms with E-state index in [1.165, 1.54) is 21.3 Å². The zero-order valence-electron chi connectivity index (χ0n) is 16.5. The Labute approximate surface area is 192 Å². The van der Waals surface area contributed by atoms with Crippen LogP contribution in [0, 0.1) is 5.82 Å². The van der Waals surface area contributed by atoms with Crippen molar-refractivity contribution in [2.24, 2.45) is 0 Å². The maximum absolute atomic E-state index is 13.3. The fraction of sp³-hybridized carbons (Fsp3) is 0.0417. The van der Waals surface area contributed by atoms with E-state index in [4.69, 9.17) is 23.2 Å². The van der Waals surface area contributed by atoms with Gasteiger partial charge in [0.05, 0.1) is 12.7 Å². The van der Waals surface area contributed by atoms with Crippen LogP contribution < -0.4 is 5.69 Å². The molecule has 0 unspecified atom stereocenters. The average Bonchev–Trinajstić information content (AvgIpc) is 3.11. The molecule has 0 radical (unpaired) electrons. The highest BCUT2D eigenvalue weighted by Crippen LogP contribution is 2.35. The van der Waals surface area contributed by atoms with Crippen molar-refractivity contribution in [3.05, 3.63) is 111 Å². The minimum Gasteiger partial charge on any atom is -0.244 e. The van der Waals surface area contributed by atoms with Gasteiger partial charge in [0.2, 0.25) is 0 Å². The molecule has 158 valence electrons. The minimum absolute atomic E-state index is 0.193. The number of hydrogen-bond donors (Lipinski definition) is 0. The van der Waals surface area contributed by atoms with Gasteiger partial charge in [0.25, 0.3) is 0 Å². The average molecular weight is 465 g/mol. The summed E-state index contributed by atoms with van der Waals surface area (Å²) in [5.41, 5.74) is 4.04. The summed E-state index contributed by atoms with van der Waals surface area (Å²) in [6.07, 6.45) is 1.64. The summed E-state index contributed by atoms with van der Waals surface area (Å²) in [7, 11) is 0. The number of aromatic nitrogens is 4. The lowest BCUT2D eigenvalue weighted by atomic mass is 9.97. The summed E-state index contributed by atoms with van der Waals surface area (Å²) in [6.45, 7) is 0.193. The highest BCUT2D eigenvalue weighted by Gasteiger charge is 2.19. The van der Waals surface area contributed by atoms with E-state index in [0.717, 1.165) is 27.8 Å². The third-order valence-electron chi connectivity index (χ3n) is 5.15. The number of fused-ring (bicyclic) bond motifs is 1. The van der Waals surface area contributed by atoms with Crippen LogP contribution in [0.1, 0.15) is 5.56 Å². The van der Waals surface area contributed by atoms with Gasteiger partial charge in [-0.05, 0) is 53.1 Å². The van der Waals surface area contributed by atoms with E-state index < -0.39 is 0 Å². The van der Waals surface area contributed by atoms with E-state index in [2.05, 4.69) is 10.2 Å². The molecule has 0 aliphatic heterocycles. The van der Waals surface area contributed by atoms with Gasteiger partial charge in [0.15, 0.2) is 5.65 Å². The van der Waals surface area contributed by atoms with E-state index in [-0.39, 0.29) is 18.1 Å². The Morgan fingerprint density at radius 1 is 0.812 bits per heavy atom. The number of nitrogens with zero attached hydrogens (tertiary/aromatic N) is 4. The zero-order chi connectivity index (χ0) is 22.2. The third-order valence-corrected chi connectivity index (χ3v) is 5.65. The predicted octanol–water partition coefficient (Wildman–Crippen LogP) is 5.72. The third kappa shape index (κ3) is 3.79. The van der Waals surface area contributed by atoms with Crippen molar-refractivity contribution < 1.29 is 4.39 Å². The van der Waals surface area contributed by atoms with Crippen molar-refractivity contribution in [1.82, 2.24) is 19.4 Å². The number of hydrogen-bond acceptors (Lipinski definition) is 3. The Morgan fingerprint density at radius 3 is 2.03 bits per heavy atom. The van der Waals surface area contributed by atoms with Gasteiger partial charge in [-0.15, -0.1) is 5.10 Å². The van der Waals surface area contributed by atoms with Crippen molar-refractivity contribution in [1.29, 1.82) is 0 Å². The molecule has 5 nitrogen and oxygen atoms in total. The van der Waals surface area contributed by atoms with Crippen LogP contribution >= 0.6 is 23.2 Å². The molecule has 2 aromatic heterocycles. The van der Waals surface area contributed by atoms with Crippen LogP contribution in [0.25, 0.3) is 27.9 Å². The normalized spacial score (nSPS) is 11.2. The fourth-order valence-electron chi connectivity index (χ4n) is 3.58. The van der Waals surface area contributed by atoms with Crippen LogP contribution in [0.2, 0.25) is 10.0 Å². The molecule has 2 heterocycles. The fourth-order valence-corrected chi connectivity index (χ4v) is 3.83. The van der Waals surface area contributed by atoms with Crippen molar-refractivity contribution in [2.75, 3.05) is 0 Å². The maximum Gasteiger partial charge on any atom is 0.367 e. The second kappa shape index (κ2) is 8.22. The van der Waals surface area contributed by atoms with E-state index in [9.17, 15) is 9.18 Å². The molecule has 0 fully saturated rings. The van der Waals surface area contributed by atoms with Crippen molar-refractivity contribution in [3.63, 3.8) is 0 Å². The topological polar surface area (TPSA) is 52.2 Å². The first-order valence-electron chi connectivity index (χ1n) is 9.75. The van der Waals surface area contributed by atoms with Crippen LogP contribution in [-0.4, -0.2) is 19.4 Å². The molecule has 3 aromatic carbocycles. The molecule has 0 aliphatic carbocycles. The second-order valence-electron chi connectivity index (χ2n) is 7.25. The summed E-state index contributed by atoms with van der Waals surface area (Å²) < 4.78 is 15.8. The Balaban J connectivity index is 1.73. The highest BCUT2D eigenvalue weighted by atomic mass is 35.5. The standard InChI is InChI=1S/C24H15Cl2FN4O/c25-18-7-3-16(4-8-18)21-13-28-31-23(22(21)17-5-9-19(26)10-6-17)29-30(24(31)32)14-15-1-11-20(27)12-2-15/h1-13H,14H2. The summed E-state index contributed by atoms with van der Waals surface area (Å²) in [6, 6.07) is 20.7. The molecule has 0 saturated heterocycles. The molecule has 0 N–H and O–H groups in total. The number of halogens is 3. The molecule has 0 saturated carbocycles. The summed E-state index contributed by atoms with van der Waals surface area (Å²) >= 11 is 12.2. The largest absolute Gasteiger partial charge is 0.367 e. The van der Waals surface area contributed by atoms with Crippen LogP contribution in [0.15, 0.2) is 83.8 Å². The van der Waals surface area contributed by atoms with Gasteiger partial charge < -0.3 is 0 Å². The van der Waals surface area contributed by atoms with Crippen molar-refractivity contribution in [3.8, 4) is 22.3 Å². The minimum atomic E-state index is -0.387. The SMILES string of the molecule is O=c1n(Cc2ccc(F)cc2)nc2c(-c3ccc(Cl)cc3)c(-c3ccc(Cl)cc3)cnn12. The zero-order valence-corrected chi connectivity index (χ0v) is 18.1. The van der Waals surface area contributed by atoms with Crippen molar-refractivity contribution >= 4 is 28.8 Å². The van der Waals surface area contributed by atoms with Gasteiger partial charge in [-0.1, -0.05) is 59.6 Å². The molecule has 0 atom stereocenters. The smallest absolute Gasteiger partial charge is 0.244 e. The van der Waals surface area contributed by atoms with Crippen LogP contribution in [0.3, 0.4) is 0 Å². The molecular weight excluding hydrogens is 450 g/mol. The van der Waals surface area contributed by atoms with Crippen LogP contribution in [0.4, 0.5) is 4.39 Å². The lowest BCUT2D eigenvalue weighted by Crippen LogP contribution is -2.23. The molecular formula is C24H15Cl2FN4O. The molecule has 0 spiro atoms. The summed E-state index contributed by atoms with van der Waals surface area (Å²) in [4.78, 5) is 13.0. The van der Waals surface area contributed by atoms with E-state index in [0.29, 0.717) is 15.7 Å². The molecule has 5 aromatic rings. The van der Waals surface area contributed by atoms with E-state index in [1.54, 1.807) is 42.6 Å². The quantitative estimate of drug-likeness (QED) is 0.341. The Hall–Kier alpha value is -3.48.